The number of carbonyl (C=O) groups is 2. The number of benzene rings is 1. The summed E-state index contributed by atoms with van der Waals surface area (Å²) in [5.41, 5.74) is 2.26. The van der Waals surface area contributed by atoms with Crippen LogP contribution in [0.1, 0.15) is 44.0 Å². The van der Waals surface area contributed by atoms with Gasteiger partial charge in [-0.2, -0.15) is 0 Å². The number of rotatable bonds is 6. The molecule has 1 aromatic rings. The van der Waals surface area contributed by atoms with Crippen molar-refractivity contribution in [3.05, 3.63) is 23.8 Å². The van der Waals surface area contributed by atoms with E-state index in [0.717, 1.165) is 31.6 Å². The van der Waals surface area contributed by atoms with Crippen LogP contribution in [0, 0.1) is 0 Å². The van der Waals surface area contributed by atoms with Crippen LogP contribution in [-0.2, 0) is 0 Å². The average molecular weight is 332 g/mol. The fraction of sp³-hybridized carbons (Fsp3) is 0.556. The van der Waals surface area contributed by atoms with Crippen molar-refractivity contribution in [3.8, 4) is 0 Å². The number of carbonyl (C=O) groups excluding carboxylic acids is 2. The quantitative estimate of drug-likeness (QED) is 0.842. The van der Waals surface area contributed by atoms with Crippen LogP contribution < -0.4 is 15.5 Å². The van der Waals surface area contributed by atoms with Gasteiger partial charge >= 0.3 is 6.03 Å². The van der Waals surface area contributed by atoms with E-state index in [1.165, 1.54) is 0 Å². The summed E-state index contributed by atoms with van der Waals surface area (Å²) in [6.07, 6.45) is 2.30. The summed E-state index contributed by atoms with van der Waals surface area (Å²) in [5.74, 6) is 0.0152. The summed E-state index contributed by atoms with van der Waals surface area (Å²) in [6.45, 7) is 9.67. The van der Waals surface area contributed by atoms with Gasteiger partial charge in [-0.05, 0) is 51.8 Å². The summed E-state index contributed by atoms with van der Waals surface area (Å²) in [6, 6.07) is 5.35. The van der Waals surface area contributed by atoms with Gasteiger partial charge in [0.2, 0.25) is 0 Å². The standard InChI is InChI=1S/C18H28N4O2/c1-4-19-18(24)20-14-9-10-16(22-11-7-8-12-22)15(13-14)17(23)21(5-2)6-3/h9-10,13H,4-8,11-12H2,1-3H3,(H2,19,20,24). The molecule has 24 heavy (non-hydrogen) atoms. The van der Waals surface area contributed by atoms with E-state index in [-0.39, 0.29) is 11.9 Å². The molecule has 6 heteroatoms. The van der Waals surface area contributed by atoms with E-state index >= 15 is 0 Å². The number of nitrogens with zero attached hydrogens (tertiary/aromatic N) is 2. The van der Waals surface area contributed by atoms with Crippen LogP contribution >= 0.6 is 0 Å². The Morgan fingerprint density at radius 1 is 1.12 bits per heavy atom. The molecule has 1 fully saturated rings. The van der Waals surface area contributed by atoms with Gasteiger partial charge in [0.1, 0.15) is 0 Å². The first kappa shape index (κ1) is 18.1. The predicted octanol–water partition coefficient (Wildman–Crippen LogP) is 2.91. The molecule has 132 valence electrons. The molecule has 1 saturated heterocycles. The second-order valence-electron chi connectivity index (χ2n) is 5.89. The summed E-state index contributed by atoms with van der Waals surface area (Å²) < 4.78 is 0. The van der Waals surface area contributed by atoms with Crippen LogP contribution in [0.15, 0.2) is 18.2 Å². The highest BCUT2D eigenvalue weighted by Gasteiger charge is 2.22. The van der Waals surface area contributed by atoms with E-state index in [4.69, 9.17) is 0 Å². The Balaban J connectivity index is 2.33. The van der Waals surface area contributed by atoms with Gasteiger partial charge in [0.05, 0.1) is 5.56 Å². The Morgan fingerprint density at radius 2 is 1.79 bits per heavy atom. The van der Waals surface area contributed by atoms with Crippen molar-refractivity contribution in [1.82, 2.24) is 10.2 Å². The molecule has 2 N–H and O–H groups in total. The molecule has 0 radical (unpaired) electrons. The molecule has 0 bridgehead atoms. The van der Waals surface area contributed by atoms with Gasteiger partial charge in [-0.3, -0.25) is 4.79 Å². The molecule has 1 aromatic carbocycles. The lowest BCUT2D eigenvalue weighted by Crippen LogP contribution is -2.33. The molecule has 1 aliphatic rings. The maximum atomic E-state index is 12.9. The molecular weight excluding hydrogens is 304 g/mol. The van der Waals surface area contributed by atoms with Gasteiger partial charge in [-0.1, -0.05) is 0 Å². The first-order valence-corrected chi connectivity index (χ1v) is 8.83. The smallest absolute Gasteiger partial charge is 0.319 e. The third-order valence-electron chi connectivity index (χ3n) is 4.32. The Labute approximate surface area is 144 Å². The number of nitrogens with one attached hydrogen (secondary N) is 2. The van der Waals surface area contributed by atoms with E-state index < -0.39 is 0 Å². The van der Waals surface area contributed by atoms with E-state index in [1.54, 1.807) is 6.07 Å². The van der Waals surface area contributed by atoms with Gasteiger partial charge in [0, 0.05) is 44.1 Å². The number of urea groups is 1. The van der Waals surface area contributed by atoms with Crippen LogP contribution in [0.3, 0.4) is 0 Å². The fourth-order valence-corrected chi connectivity index (χ4v) is 3.04. The first-order chi connectivity index (χ1) is 11.6. The molecule has 2 rings (SSSR count). The first-order valence-electron chi connectivity index (χ1n) is 8.83. The van der Waals surface area contributed by atoms with Crippen LogP contribution in [0.2, 0.25) is 0 Å². The average Bonchev–Trinajstić information content (AvgIpc) is 3.10. The maximum Gasteiger partial charge on any atom is 0.319 e. The monoisotopic (exact) mass is 332 g/mol. The zero-order valence-corrected chi connectivity index (χ0v) is 14.9. The lowest BCUT2D eigenvalue weighted by atomic mass is 10.1. The minimum atomic E-state index is -0.257. The van der Waals surface area contributed by atoms with E-state index in [1.807, 2.05) is 37.8 Å². The predicted molar refractivity (Wildman–Crippen MR) is 97.8 cm³/mol. The van der Waals surface area contributed by atoms with Crippen molar-refractivity contribution >= 4 is 23.3 Å². The molecule has 1 aliphatic heterocycles. The molecule has 0 spiro atoms. The minimum absolute atomic E-state index is 0.0152. The molecule has 0 aliphatic carbocycles. The highest BCUT2D eigenvalue weighted by Crippen LogP contribution is 2.28. The molecule has 0 atom stereocenters. The van der Waals surface area contributed by atoms with Gasteiger partial charge in [-0.15, -0.1) is 0 Å². The van der Waals surface area contributed by atoms with Crippen molar-refractivity contribution in [2.24, 2.45) is 0 Å². The summed E-state index contributed by atoms with van der Waals surface area (Å²) in [5, 5.41) is 5.49. The van der Waals surface area contributed by atoms with E-state index in [0.29, 0.717) is 30.9 Å². The normalized spacial score (nSPS) is 13.7. The molecule has 1 heterocycles. The summed E-state index contributed by atoms with van der Waals surface area (Å²) in [7, 11) is 0. The lowest BCUT2D eigenvalue weighted by Gasteiger charge is -2.25. The number of anilines is 2. The Bertz CT molecular complexity index is 578. The highest BCUT2D eigenvalue weighted by molar-refractivity contribution is 6.02. The van der Waals surface area contributed by atoms with E-state index in [2.05, 4.69) is 15.5 Å². The number of hydrogen-bond acceptors (Lipinski definition) is 3. The Hall–Kier alpha value is -2.24. The van der Waals surface area contributed by atoms with Crippen LogP contribution in [0.5, 0.6) is 0 Å². The fourth-order valence-electron chi connectivity index (χ4n) is 3.04. The third kappa shape index (κ3) is 4.19. The maximum absolute atomic E-state index is 12.9. The zero-order valence-electron chi connectivity index (χ0n) is 14.9. The Kier molecular flexibility index (Phi) is 6.46. The molecular formula is C18H28N4O2. The lowest BCUT2D eigenvalue weighted by molar-refractivity contribution is 0.0773. The second kappa shape index (κ2) is 8.57. The summed E-state index contributed by atoms with van der Waals surface area (Å²) >= 11 is 0. The van der Waals surface area contributed by atoms with Crippen molar-refractivity contribution in [3.63, 3.8) is 0 Å². The third-order valence-corrected chi connectivity index (χ3v) is 4.32. The number of hydrogen-bond donors (Lipinski definition) is 2. The second-order valence-corrected chi connectivity index (χ2v) is 5.89. The van der Waals surface area contributed by atoms with Crippen molar-refractivity contribution in [1.29, 1.82) is 0 Å². The van der Waals surface area contributed by atoms with Gasteiger partial charge in [0.25, 0.3) is 5.91 Å². The minimum Gasteiger partial charge on any atom is -0.371 e. The Morgan fingerprint density at radius 3 is 2.38 bits per heavy atom. The summed E-state index contributed by atoms with van der Waals surface area (Å²) in [4.78, 5) is 28.7. The number of amides is 3. The zero-order chi connectivity index (χ0) is 17.5. The molecule has 0 saturated carbocycles. The SMILES string of the molecule is CCNC(=O)Nc1ccc(N2CCCC2)c(C(=O)N(CC)CC)c1. The molecule has 0 aromatic heterocycles. The van der Waals surface area contributed by atoms with Crippen molar-refractivity contribution in [2.75, 3.05) is 42.9 Å². The largest absolute Gasteiger partial charge is 0.371 e. The topological polar surface area (TPSA) is 64.7 Å². The molecule has 3 amide bonds. The molecule has 0 unspecified atom stereocenters. The highest BCUT2D eigenvalue weighted by atomic mass is 16.2. The van der Waals surface area contributed by atoms with Crippen molar-refractivity contribution in [2.45, 2.75) is 33.6 Å². The van der Waals surface area contributed by atoms with Crippen molar-refractivity contribution < 1.29 is 9.59 Å². The van der Waals surface area contributed by atoms with Crippen LogP contribution in [0.4, 0.5) is 16.2 Å². The van der Waals surface area contributed by atoms with Crippen LogP contribution in [0.25, 0.3) is 0 Å². The van der Waals surface area contributed by atoms with Gasteiger partial charge in [0.15, 0.2) is 0 Å². The van der Waals surface area contributed by atoms with Gasteiger partial charge in [-0.25, -0.2) is 4.79 Å². The van der Waals surface area contributed by atoms with Crippen LogP contribution in [-0.4, -0.2) is 49.6 Å². The van der Waals surface area contributed by atoms with E-state index in [9.17, 15) is 9.59 Å². The molecule has 6 nitrogen and oxygen atoms in total. The van der Waals surface area contributed by atoms with Gasteiger partial charge < -0.3 is 20.4 Å².